The molecule has 1 amide bonds. The van der Waals surface area contributed by atoms with Crippen molar-refractivity contribution in [2.24, 2.45) is 64.1 Å². The molecule has 4 N–H and O–H groups in total. The lowest BCUT2D eigenvalue weighted by Gasteiger charge is -2.50. The number of allylic oxidation sites excluding steroid dienone is 5. The number of ether oxygens (including phenoxy) is 3. The van der Waals surface area contributed by atoms with Crippen LogP contribution in [0.25, 0.3) is 0 Å². The van der Waals surface area contributed by atoms with Crippen molar-refractivity contribution in [3.05, 3.63) is 76.6 Å². The molecule has 10 rings (SSSR count). The topological polar surface area (TPSA) is 135 Å². The first-order valence-electron chi connectivity index (χ1n) is 19.3. The van der Waals surface area contributed by atoms with E-state index in [0.29, 0.717) is 17.4 Å². The smallest absolute Gasteiger partial charge is 0.253 e. The number of Topliss-reactive ketones (excluding diaryl/α,β-unsaturated/α-hetero) is 1. The average molecular weight is 712 g/mol. The van der Waals surface area contributed by atoms with E-state index in [0.717, 1.165) is 24.2 Å². The molecular weight excluding hydrogens is 658 g/mol. The summed E-state index contributed by atoms with van der Waals surface area (Å²) in [5, 5.41) is 41.3. The minimum Gasteiger partial charge on any atom is -0.511 e. The van der Waals surface area contributed by atoms with Gasteiger partial charge in [0.2, 0.25) is 11.6 Å². The van der Waals surface area contributed by atoms with Gasteiger partial charge in [0, 0.05) is 41.1 Å². The fourth-order valence-electron chi connectivity index (χ4n) is 13.8. The second-order valence-electron chi connectivity index (χ2n) is 18.5. The lowest BCUT2D eigenvalue weighted by atomic mass is 9.53. The first-order chi connectivity index (χ1) is 24.4. The molecule has 4 bridgehead atoms. The van der Waals surface area contributed by atoms with Gasteiger partial charge in [-0.15, -0.1) is 6.58 Å². The molecule has 2 saturated carbocycles. The van der Waals surface area contributed by atoms with Gasteiger partial charge in [-0.2, -0.15) is 0 Å². The number of nitrogens with one attached hydrogen (secondary N) is 1. The maximum Gasteiger partial charge on any atom is 0.253 e. The number of aliphatic hydroxyl groups excluding tert-OH is 1. The van der Waals surface area contributed by atoms with E-state index in [1.54, 1.807) is 13.8 Å². The van der Waals surface area contributed by atoms with Crippen LogP contribution in [0.5, 0.6) is 5.75 Å². The number of rotatable bonds is 1. The van der Waals surface area contributed by atoms with E-state index in [1.807, 2.05) is 44.2 Å². The van der Waals surface area contributed by atoms with Crippen LogP contribution in [-0.2, 0) is 25.5 Å². The minimum atomic E-state index is -2.56. The largest absolute Gasteiger partial charge is 0.511 e. The normalized spacial score (nSPS) is 53.0. The van der Waals surface area contributed by atoms with Crippen LogP contribution in [0.2, 0.25) is 0 Å². The summed E-state index contributed by atoms with van der Waals surface area (Å²) in [5.41, 5.74) is -0.0773. The van der Waals surface area contributed by atoms with Crippen molar-refractivity contribution >= 4 is 11.7 Å². The van der Waals surface area contributed by atoms with E-state index in [9.17, 15) is 24.9 Å². The van der Waals surface area contributed by atoms with E-state index in [1.165, 1.54) is 5.57 Å². The van der Waals surface area contributed by atoms with Crippen LogP contribution in [-0.4, -0.2) is 56.5 Å². The molecule has 4 aliphatic carbocycles. The Bertz CT molecular complexity index is 1910. The molecule has 9 aliphatic rings. The summed E-state index contributed by atoms with van der Waals surface area (Å²) in [6, 6.07) is 7.75. The summed E-state index contributed by atoms with van der Waals surface area (Å²) >= 11 is 0. The number of ketones is 1. The highest BCUT2D eigenvalue weighted by Crippen LogP contribution is 2.70. The van der Waals surface area contributed by atoms with Crippen molar-refractivity contribution in [3.8, 4) is 5.75 Å². The van der Waals surface area contributed by atoms with Gasteiger partial charge >= 0.3 is 0 Å². The molecule has 0 radical (unpaired) electrons. The molecule has 9 heteroatoms. The van der Waals surface area contributed by atoms with Gasteiger partial charge in [-0.25, -0.2) is 0 Å². The molecule has 278 valence electrons. The van der Waals surface area contributed by atoms with Crippen LogP contribution in [0, 0.1) is 64.1 Å². The minimum absolute atomic E-state index is 0.00759. The van der Waals surface area contributed by atoms with Crippen LogP contribution < -0.4 is 10.1 Å². The molecule has 1 aromatic rings. The summed E-state index contributed by atoms with van der Waals surface area (Å²) in [6.45, 7) is 20.9. The van der Waals surface area contributed by atoms with Gasteiger partial charge in [-0.1, -0.05) is 64.5 Å². The Balaban J connectivity index is 1.33. The fourth-order valence-corrected chi connectivity index (χ4v) is 13.8. The predicted molar refractivity (Wildman–Crippen MR) is 192 cm³/mol. The summed E-state index contributed by atoms with van der Waals surface area (Å²) in [6.07, 6.45) is 5.38. The van der Waals surface area contributed by atoms with Crippen molar-refractivity contribution < 1.29 is 39.1 Å². The van der Waals surface area contributed by atoms with Crippen LogP contribution in [0.1, 0.15) is 73.8 Å². The van der Waals surface area contributed by atoms with Crippen LogP contribution in [0.15, 0.2) is 71.0 Å². The van der Waals surface area contributed by atoms with Crippen LogP contribution in [0.3, 0.4) is 0 Å². The third-order valence-corrected chi connectivity index (χ3v) is 15.4. The summed E-state index contributed by atoms with van der Waals surface area (Å²) < 4.78 is 20.0. The molecule has 5 heterocycles. The zero-order valence-corrected chi connectivity index (χ0v) is 31.5. The quantitative estimate of drug-likeness (QED) is 0.264. The summed E-state index contributed by atoms with van der Waals surface area (Å²) in [7, 11) is 0. The van der Waals surface area contributed by atoms with Gasteiger partial charge in [0.1, 0.15) is 17.6 Å². The maximum atomic E-state index is 14.7. The third-order valence-electron chi connectivity index (χ3n) is 15.4. The van der Waals surface area contributed by atoms with Crippen molar-refractivity contribution in [3.63, 3.8) is 0 Å². The molecule has 3 saturated heterocycles. The zero-order chi connectivity index (χ0) is 37.2. The van der Waals surface area contributed by atoms with Gasteiger partial charge in [0.25, 0.3) is 5.91 Å². The summed E-state index contributed by atoms with van der Waals surface area (Å²) in [5.74, 6) is -8.18. The Morgan fingerprint density at radius 3 is 2.35 bits per heavy atom. The highest BCUT2D eigenvalue weighted by molar-refractivity contribution is 6.05. The molecule has 5 aliphatic heterocycles. The molecule has 0 aromatic heterocycles. The fraction of sp³-hybridized carbons (Fsp3) is 0.628. The number of benzene rings is 1. The lowest BCUT2D eigenvalue weighted by molar-refractivity contribution is -0.379. The second-order valence-corrected chi connectivity index (χ2v) is 18.5. The number of carbonyl (C=O) groups is 2. The van der Waals surface area contributed by atoms with Gasteiger partial charge in [0.15, 0.2) is 11.5 Å². The van der Waals surface area contributed by atoms with Gasteiger partial charge < -0.3 is 34.8 Å². The summed E-state index contributed by atoms with van der Waals surface area (Å²) in [4.78, 5) is 29.4. The van der Waals surface area contributed by atoms with E-state index in [2.05, 4.69) is 45.7 Å². The zero-order valence-electron chi connectivity index (χ0n) is 31.5. The molecule has 9 nitrogen and oxygen atoms in total. The Hall–Kier alpha value is -3.24. The number of hydrogen-bond donors (Lipinski definition) is 4. The van der Waals surface area contributed by atoms with Crippen LogP contribution in [0.4, 0.5) is 0 Å². The molecule has 1 aromatic carbocycles. The highest BCUT2D eigenvalue weighted by atomic mass is 16.7. The standard InChI is InChI=1S/C43H53NO8/c1-10-39(8)17-21(4)29-27-33(39)36(46)28-32-34-35(45)23(6)31-22(5)24(7)51-42(31,48)43(34,49)52-41(32,44-38(28)47)18-25-11-13-26(14-12-25)50-37(27)30-20(3)15-19(2)16-40(29,30)9/h10-14,17,19-20,22,24,27,29-30,32-34,37,46,48-49H,1,15-16,18H2,2-9H3,(H,44,47)/b36-28+/t19-,20+,22-,24-,27+,29-,30+,32+,33+,34-,37+,39+,40+,41-,42-,43-/m1/s1. The first kappa shape index (κ1) is 34.5. The third kappa shape index (κ3) is 3.93. The molecule has 16 atom stereocenters. The second kappa shape index (κ2) is 10.5. The molecule has 5 fully saturated rings. The number of amides is 1. The first-order valence-corrected chi connectivity index (χ1v) is 19.3. The van der Waals surface area contributed by atoms with E-state index in [4.69, 9.17) is 14.2 Å². The van der Waals surface area contributed by atoms with Gasteiger partial charge in [-0.3, -0.25) is 9.59 Å². The number of hydrogen-bond acceptors (Lipinski definition) is 8. The monoisotopic (exact) mass is 711 g/mol. The Morgan fingerprint density at radius 2 is 1.67 bits per heavy atom. The van der Waals surface area contributed by atoms with Crippen molar-refractivity contribution in [2.45, 2.75) is 104 Å². The van der Waals surface area contributed by atoms with E-state index < -0.39 is 58.3 Å². The number of aliphatic hydroxyl groups is 3. The molecule has 0 unspecified atom stereocenters. The number of carbonyl (C=O) groups excluding carboxylic acids is 2. The average Bonchev–Trinajstić information content (AvgIpc) is 3.66. The van der Waals surface area contributed by atoms with Crippen molar-refractivity contribution in [1.29, 1.82) is 0 Å². The maximum absolute atomic E-state index is 14.7. The molecular formula is C43H53NO8. The molecule has 52 heavy (non-hydrogen) atoms. The van der Waals surface area contributed by atoms with E-state index >= 15 is 0 Å². The SMILES string of the molecule is C=C[C@@]1(C)C=C(C)[C@@H]2[C@@H]3[C@H](Oc4ccc(cc4)C[C@]45NC(=O)/C(=C(/O)[C@H]31)[C@H]4[C@@H]1C(=O)C(C)=C3[C@H](C)[C@@H](C)O[C@@]3(O)[C@]1(O)O5)[C@@H]1[C@@H](C)C[C@@H](C)C[C@]12C. The Kier molecular flexibility index (Phi) is 6.97. The lowest BCUT2D eigenvalue weighted by Crippen LogP contribution is -2.65. The van der Waals surface area contributed by atoms with Gasteiger partial charge in [0.05, 0.1) is 23.5 Å². The number of fused-ring (bicyclic) bond motifs is 7. The Morgan fingerprint density at radius 1 is 0.981 bits per heavy atom. The van der Waals surface area contributed by atoms with E-state index in [-0.39, 0.29) is 58.5 Å². The van der Waals surface area contributed by atoms with Crippen molar-refractivity contribution in [1.82, 2.24) is 5.32 Å². The Labute approximate surface area is 306 Å². The predicted octanol–water partition coefficient (Wildman–Crippen LogP) is 5.93. The highest BCUT2D eigenvalue weighted by Gasteiger charge is 2.81. The van der Waals surface area contributed by atoms with Crippen molar-refractivity contribution in [2.75, 3.05) is 0 Å². The van der Waals surface area contributed by atoms with Gasteiger partial charge in [-0.05, 0) is 80.1 Å². The molecule has 0 spiro atoms. The van der Waals surface area contributed by atoms with Crippen LogP contribution >= 0.6 is 0 Å².